The Morgan fingerprint density at radius 3 is 2.49 bits per heavy atom. The van der Waals surface area contributed by atoms with Gasteiger partial charge in [-0.2, -0.15) is 0 Å². The van der Waals surface area contributed by atoms with Gasteiger partial charge in [-0.15, -0.1) is 12.3 Å². The van der Waals surface area contributed by atoms with E-state index in [0.29, 0.717) is 5.56 Å². The smallest absolute Gasteiger partial charge is 0.338 e. The Morgan fingerprint density at radius 2 is 1.95 bits per heavy atom. The van der Waals surface area contributed by atoms with Crippen LogP contribution in [0.1, 0.15) is 38.9 Å². The van der Waals surface area contributed by atoms with E-state index in [4.69, 9.17) is 25.1 Å². The Kier molecular flexibility index (Phi) is 10.0. The number of rotatable bonds is 10. The number of terminal acetylenes is 1. The lowest BCUT2D eigenvalue weighted by Crippen LogP contribution is -2.61. The second-order valence-electron chi connectivity index (χ2n) is 10.2. The van der Waals surface area contributed by atoms with Crippen molar-refractivity contribution in [3.05, 3.63) is 46.5 Å². The number of nitro groups is 1. The summed E-state index contributed by atoms with van der Waals surface area (Å²) < 4.78 is 22.1. The summed E-state index contributed by atoms with van der Waals surface area (Å²) >= 11 is 0. The topological polar surface area (TPSA) is 158 Å². The number of nitrogens with zero attached hydrogens (tertiary/aromatic N) is 1. The van der Waals surface area contributed by atoms with Gasteiger partial charge in [-0.3, -0.25) is 10.1 Å². The maximum atomic E-state index is 12.2. The van der Waals surface area contributed by atoms with Crippen LogP contribution in [0.25, 0.3) is 0 Å². The highest BCUT2D eigenvalue weighted by atomic mass is 28.4. The van der Waals surface area contributed by atoms with Crippen LogP contribution in [0.5, 0.6) is 5.75 Å². The van der Waals surface area contributed by atoms with Gasteiger partial charge in [-0.1, -0.05) is 39.5 Å². The summed E-state index contributed by atoms with van der Waals surface area (Å²) in [6.07, 6.45) is -2.50. The highest BCUT2D eigenvalue weighted by molar-refractivity contribution is 6.74. The van der Waals surface area contributed by atoms with Gasteiger partial charge in [0.05, 0.1) is 11.0 Å². The molecule has 0 radical (unpaired) electrons. The van der Waals surface area contributed by atoms with Crippen molar-refractivity contribution in [2.75, 3.05) is 6.61 Å². The minimum absolute atomic E-state index is 0.127. The summed E-state index contributed by atoms with van der Waals surface area (Å²) in [4.78, 5) is 23.4. The van der Waals surface area contributed by atoms with Crippen molar-refractivity contribution >= 4 is 20.0 Å². The third kappa shape index (κ3) is 7.16. The zero-order valence-electron chi connectivity index (χ0n) is 21.6. The fraction of sp³-hybridized carbons (Fsp3) is 0.560. The van der Waals surface area contributed by atoms with Gasteiger partial charge in [0.25, 0.3) is 0 Å². The number of aliphatic hydroxyl groups excluding tert-OH is 3. The van der Waals surface area contributed by atoms with Gasteiger partial charge in [-0.05, 0) is 29.8 Å². The molecule has 204 valence electrons. The number of benzene rings is 1. The van der Waals surface area contributed by atoms with E-state index >= 15 is 0 Å². The molecule has 0 spiro atoms. The fourth-order valence-corrected chi connectivity index (χ4v) is 4.62. The number of ether oxygens (including phenoxy) is 3. The molecule has 1 heterocycles. The minimum Gasteiger partial charge on any atom is -0.459 e. The van der Waals surface area contributed by atoms with Crippen molar-refractivity contribution < 1.29 is 43.7 Å². The van der Waals surface area contributed by atoms with Crippen LogP contribution in [0.15, 0.2) is 30.9 Å². The molecular formula is C25H35NO10Si. The first-order valence-corrected chi connectivity index (χ1v) is 14.6. The van der Waals surface area contributed by atoms with E-state index in [1.807, 2.05) is 13.1 Å². The average Bonchev–Trinajstić information content (AvgIpc) is 2.81. The number of esters is 1. The molecule has 1 aliphatic rings. The number of carbonyl (C=O) groups is 1. The Balaban J connectivity index is 2.37. The normalized spacial score (nSPS) is 25.0. The van der Waals surface area contributed by atoms with Gasteiger partial charge in [0, 0.05) is 12.5 Å². The lowest BCUT2D eigenvalue weighted by atomic mass is 9.99. The molecule has 1 aliphatic heterocycles. The molecule has 1 saturated heterocycles. The predicted molar refractivity (Wildman–Crippen MR) is 136 cm³/mol. The molecule has 11 nitrogen and oxygen atoms in total. The van der Waals surface area contributed by atoms with E-state index in [1.165, 1.54) is 18.2 Å². The van der Waals surface area contributed by atoms with Gasteiger partial charge >= 0.3 is 11.7 Å². The van der Waals surface area contributed by atoms with Crippen LogP contribution in [0.2, 0.25) is 18.1 Å². The molecule has 6 atom stereocenters. The SMILES string of the molecule is C#CCC(O[Si](C)(C)C(C)(C)C)c1ccc(O[C@@H]2O[C@H](C(=O)OCC=C)[C@@H](O)[C@H](O)[C@H]2O)c([N+](=O)[O-])c1. The summed E-state index contributed by atoms with van der Waals surface area (Å²) in [6.45, 7) is 13.5. The Hall–Kier alpha value is -2.79. The second kappa shape index (κ2) is 12.2. The molecule has 1 fully saturated rings. The molecule has 37 heavy (non-hydrogen) atoms. The summed E-state index contributed by atoms with van der Waals surface area (Å²) in [7, 11) is -2.28. The van der Waals surface area contributed by atoms with Crippen molar-refractivity contribution in [2.45, 2.75) is 82.1 Å². The molecule has 2 rings (SSSR count). The number of carbonyl (C=O) groups excluding carboxylic acids is 1. The number of nitro benzene ring substituents is 1. The van der Waals surface area contributed by atoms with E-state index < -0.39 is 61.7 Å². The summed E-state index contributed by atoms with van der Waals surface area (Å²) in [5.41, 5.74) is -0.00572. The van der Waals surface area contributed by atoms with E-state index in [0.717, 1.165) is 0 Å². The Bertz CT molecular complexity index is 1030. The number of hydrogen-bond acceptors (Lipinski definition) is 10. The van der Waals surface area contributed by atoms with Gasteiger partial charge in [0.15, 0.2) is 20.2 Å². The van der Waals surface area contributed by atoms with Crippen molar-refractivity contribution in [3.8, 4) is 18.1 Å². The standard InChI is InChI=1S/C25H35NO10Si/c1-8-10-17(36-37(6,7)25(3,4)5)15-11-12-18(16(14-15)26(31)32)34-24-21(29)19(27)20(28)22(35-24)23(30)33-13-9-2/h1,9,11-12,14,17,19-22,24,27-29H,2,10,13H2,3-7H3/t17?,19-,20-,21+,22-,24+/m0/s1. The first-order valence-electron chi connectivity index (χ1n) is 11.7. The summed E-state index contributed by atoms with van der Waals surface area (Å²) in [5, 5.41) is 42.5. The molecule has 0 amide bonds. The highest BCUT2D eigenvalue weighted by Crippen LogP contribution is 2.42. The molecule has 0 aromatic heterocycles. The van der Waals surface area contributed by atoms with Crippen LogP contribution in [0, 0.1) is 22.5 Å². The molecular weight excluding hydrogens is 502 g/mol. The van der Waals surface area contributed by atoms with Crippen molar-refractivity contribution in [2.24, 2.45) is 0 Å². The van der Waals surface area contributed by atoms with Gasteiger partial charge < -0.3 is 34.0 Å². The van der Waals surface area contributed by atoms with Crippen molar-refractivity contribution in [3.63, 3.8) is 0 Å². The van der Waals surface area contributed by atoms with Gasteiger partial charge in [0.1, 0.15) is 24.9 Å². The summed E-state index contributed by atoms with van der Waals surface area (Å²) in [5.74, 6) is 1.23. The van der Waals surface area contributed by atoms with Crippen molar-refractivity contribution in [1.82, 2.24) is 0 Å². The zero-order valence-corrected chi connectivity index (χ0v) is 22.6. The third-order valence-electron chi connectivity index (χ3n) is 6.49. The van der Waals surface area contributed by atoms with E-state index in [-0.39, 0.29) is 23.8 Å². The monoisotopic (exact) mass is 537 g/mol. The van der Waals surface area contributed by atoms with Crippen LogP contribution >= 0.6 is 0 Å². The van der Waals surface area contributed by atoms with Crippen LogP contribution in [0.4, 0.5) is 5.69 Å². The highest BCUT2D eigenvalue weighted by Gasteiger charge is 2.49. The summed E-state index contributed by atoms with van der Waals surface area (Å²) in [6, 6.07) is 4.11. The maximum Gasteiger partial charge on any atom is 0.338 e. The molecule has 1 unspecified atom stereocenters. The zero-order chi connectivity index (χ0) is 28.1. The first kappa shape index (κ1) is 30.4. The molecule has 12 heteroatoms. The van der Waals surface area contributed by atoms with Crippen LogP contribution in [0.3, 0.4) is 0 Å². The second-order valence-corrected chi connectivity index (χ2v) is 14.9. The van der Waals surface area contributed by atoms with Crippen LogP contribution in [-0.2, 0) is 18.7 Å². The first-order chi connectivity index (χ1) is 17.1. The van der Waals surface area contributed by atoms with E-state index in [2.05, 4.69) is 33.3 Å². The Morgan fingerprint density at radius 1 is 1.30 bits per heavy atom. The fourth-order valence-electron chi connectivity index (χ4n) is 3.33. The maximum absolute atomic E-state index is 12.2. The molecule has 0 aliphatic carbocycles. The number of hydrogen-bond donors (Lipinski definition) is 3. The third-order valence-corrected chi connectivity index (χ3v) is 11.0. The molecule has 1 aromatic carbocycles. The molecule has 3 N–H and O–H groups in total. The van der Waals surface area contributed by atoms with Crippen LogP contribution < -0.4 is 4.74 Å². The van der Waals surface area contributed by atoms with E-state index in [9.17, 15) is 30.2 Å². The predicted octanol–water partition coefficient (Wildman–Crippen LogP) is 2.60. The van der Waals surface area contributed by atoms with Gasteiger partial charge in [-0.25, -0.2) is 4.79 Å². The molecule has 0 bridgehead atoms. The quantitative estimate of drug-likeness (QED) is 0.101. The average molecular weight is 538 g/mol. The number of aliphatic hydroxyl groups is 3. The lowest BCUT2D eigenvalue weighted by molar-refractivity contribution is -0.387. The van der Waals surface area contributed by atoms with Crippen LogP contribution in [-0.4, -0.2) is 71.8 Å². The molecule has 0 saturated carbocycles. The minimum atomic E-state index is -2.28. The lowest BCUT2D eigenvalue weighted by Gasteiger charge is -2.39. The van der Waals surface area contributed by atoms with Crippen molar-refractivity contribution in [1.29, 1.82) is 0 Å². The Labute approximate surface area is 217 Å². The van der Waals surface area contributed by atoms with Gasteiger partial charge in [0.2, 0.25) is 6.29 Å². The molecule has 1 aromatic rings. The van der Waals surface area contributed by atoms with E-state index in [1.54, 1.807) is 6.07 Å². The largest absolute Gasteiger partial charge is 0.459 e.